The third-order valence-corrected chi connectivity index (χ3v) is 5.81. The van der Waals surface area contributed by atoms with E-state index in [-0.39, 0.29) is 29.8 Å². The smallest absolute Gasteiger partial charge is 0.309 e. The van der Waals surface area contributed by atoms with Gasteiger partial charge in [-0.3, -0.25) is 9.00 Å². The van der Waals surface area contributed by atoms with Crippen LogP contribution in [0.5, 0.6) is 0 Å². The van der Waals surface area contributed by atoms with Crippen LogP contribution in [0.2, 0.25) is 0 Å². The van der Waals surface area contributed by atoms with Crippen LogP contribution in [0.1, 0.15) is 25.8 Å². The van der Waals surface area contributed by atoms with E-state index in [0.29, 0.717) is 12.4 Å². The minimum atomic E-state index is -1.05. The fourth-order valence-corrected chi connectivity index (χ4v) is 4.11. The molecule has 116 valence electrons. The van der Waals surface area contributed by atoms with Gasteiger partial charge in [0.15, 0.2) is 0 Å². The van der Waals surface area contributed by atoms with Gasteiger partial charge in [-0.15, -0.1) is 0 Å². The van der Waals surface area contributed by atoms with E-state index < -0.39 is 10.8 Å². The molecule has 0 amide bonds. The van der Waals surface area contributed by atoms with E-state index in [1.54, 1.807) is 6.92 Å². The molecule has 0 saturated carbocycles. The standard InChI is InChI=1S/C16H22O4S/c1-12(11-21(18)15-8-9-19-13(15)2)16(17)20-10-14-6-4-3-5-7-14/h3-7,12-13,15H,8-11H2,1-2H3. The Balaban J connectivity index is 1.78. The first-order valence-corrected chi connectivity index (χ1v) is 8.65. The molecule has 0 spiro atoms. The number of carbonyl (C=O) groups is 1. The summed E-state index contributed by atoms with van der Waals surface area (Å²) in [5, 5.41) is 0.0365. The summed E-state index contributed by atoms with van der Waals surface area (Å²) in [6.45, 7) is 4.63. The molecule has 4 nitrogen and oxygen atoms in total. The molecule has 0 bridgehead atoms. The summed E-state index contributed by atoms with van der Waals surface area (Å²) in [5.74, 6) is -0.312. The number of hydrogen-bond donors (Lipinski definition) is 0. The summed E-state index contributed by atoms with van der Waals surface area (Å²) in [4.78, 5) is 12.0. The Morgan fingerprint density at radius 3 is 2.76 bits per heavy atom. The molecule has 1 aromatic carbocycles. The number of carbonyl (C=O) groups excluding carboxylic acids is 1. The molecular formula is C16H22O4S. The van der Waals surface area contributed by atoms with E-state index in [2.05, 4.69) is 0 Å². The van der Waals surface area contributed by atoms with Gasteiger partial charge in [0.05, 0.1) is 17.3 Å². The second-order valence-electron chi connectivity index (χ2n) is 5.44. The maximum Gasteiger partial charge on any atom is 0.309 e. The van der Waals surface area contributed by atoms with Gasteiger partial charge in [0.1, 0.15) is 6.61 Å². The maximum absolute atomic E-state index is 12.3. The van der Waals surface area contributed by atoms with Crippen LogP contribution < -0.4 is 0 Å². The highest BCUT2D eigenvalue weighted by molar-refractivity contribution is 7.85. The topological polar surface area (TPSA) is 52.6 Å². The molecule has 1 fully saturated rings. The van der Waals surface area contributed by atoms with Gasteiger partial charge in [0.25, 0.3) is 0 Å². The average Bonchev–Trinajstić information content (AvgIpc) is 2.92. The summed E-state index contributed by atoms with van der Waals surface area (Å²) in [6, 6.07) is 9.55. The van der Waals surface area contributed by atoms with Crippen molar-refractivity contribution >= 4 is 16.8 Å². The molecule has 1 aromatic rings. The zero-order chi connectivity index (χ0) is 15.2. The van der Waals surface area contributed by atoms with Crippen molar-refractivity contribution in [1.82, 2.24) is 0 Å². The quantitative estimate of drug-likeness (QED) is 0.757. The lowest BCUT2D eigenvalue weighted by Crippen LogP contribution is -2.30. The van der Waals surface area contributed by atoms with Crippen LogP contribution in [-0.2, 0) is 31.7 Å². The van der Waals surface area contributed by atoms with Gasteiger partial charge in [-0.25, -0.2) is 0 Å². The van der Waals surface area contributed by atoms with E-state index in [1.807, 2.05) is 37.3 Å². The van der Waals surface area contributed by atoms with Crippen LogP contribution >= 0.6 is 0 Å². The van der Waals surface area contributed by atoms with Crippen molar-refractivity contribution in [3.63, 3.8) is 0 Å². The zero-order valence-electron chi connectivity index (χ0n) is 12.5. The molecule has 0 radical (unpaired) electrons. The highest BCUT2D eigenvalue weighted by Gasteiger charge is 2.31. The van der Waals surface area contributed by atoms with E-state index in [1.165, 1.54) is 0 Å². The normalized spacial score (nSPS) is 24.5. The van der Waals surface area contributed by atoms with E-state index in [4.69, 9.17) is 9.47 Å². The Morgan fingerprint density at radius 1 is 1.43 bits per heavy atom. The second-order valence-corrected chi connectivity index (χ2v) is 7.15. The summed E-state index contributed by atoms with van der Waals surface area (Å²) in [7, 11) is -1.05. The molecule has 21 heavy (non-hydrogen) atoms. The Morgan fingerprint density at radius 2 is 2.14 bits per heavy atom. The predicted octanol–water partition coefficient (Wildman–Crippen LogP) is 2.29. The van der Waals surface area contributed by atoms with Crippen molar-refractivity contribution in [2.24, 2.45) is 5.92 Å². The van der Waals surface area contributed by atoms with Gasteiger partial charge in [0, 0.05) is 23.2 Å². The first-order chi connectivity index (χ1) is 10.1. The van der Waals surface area contributed by atoms with Crippen molar-refractivity contribution in [2.75, 3.05) is 12.4 Å². The van der Waals surface area contributed by atoms with E-state index in [9.17, 15) is 9.00 Å². The molecule has 4 unspecified atom stereocenters. The molecule has 2 rings (SSSR count). The SMILES string of the molecule is CC(CS(=O)C1CCOC1C)C(=O)OCc1ccccc1. The summed E-state index contributed by atoms with van der Waals surface area (Å²) in [6.07, 6.45) is 0.818. The minimum absolute atomic E-state index is 0.0124. The summed E-state index contributed by atoms with van der Waals surface area (Å²) in [5.41, 5.74) is 0.956. The van der Waals surface area contributed by atoms with Crippen LogP contribution in [0, 0.1) is 5.92 Å². The molecular weight excluding hydrogens is 288 g/mol. The highest BCUT2D eigenvalue weighted by atomic mass is 32.2. The van der Waals surface area contributed by atoms with Gasteiger partial charge in [-0.2, -0.15) is 0 Å². The van der Waals surface area contributed by atoms with Crippen LogP contribution in [0.3, 0.4) is 0 Å². The molecule has 0 aliphatic carbocycles. The van der Waals surface area contributed by atoms with Gasteiger partial charge in [-0.05, 0) is 18.9 Å². The number of ether oxygens (including phenoxy) is 2. The molecule has 0 N–H and O–H groups in total. The Kier molecular flexibility index (Phi) is 5.94. The third-order valence-electron chi connectivity index (χ3n) is 3.68. The molecule has 0 aromatic heterocycles. The highest BCUT2D eigenvalue weighted by Crippen LogP contribution is 2.20. The Bertz CT molecular complexity index is 488. The minimum Gasteiger partial charge on any atom is -0.461 e. The van der Waals surface area contributed by atoms with Gasteiger partial charge < -0.3 is 9.47 Å². The second kappa shape index (κ2) is 7.71. The number of benzene rings is 1. The van der Waals surface area contributed by atoms with Crippen molar-refractivity contribution in [1.29, 1.82) is 0 Å². The fraction of sp³-hybridized carbons (Fsp3) is 0.562. The van der Waals surface area contributed by atoms with E-state index >= 15 is 0 Å². The molecule has 4 atom stereocenters. The third kappa shape index (κ3) is 4.64. The van der Waals surface area contributed by atoms with Crippen molar-refractivity contribution in [2.45, 2.75) is 38.2 Å². The summed E-state index contributed by atoms with van der Waals surface area (Å²) < 4.78 is 23.0. The monoisotopic (exact) mass is 310 g/mol. The van der Waals surface area contributed by atoms with Crippen molar-refractivity contribution in [3.8, 4) is 0 Å². The zero-order valence-corrected chi connectivity index (χ0v) is 13.3. The Labute approximate surface area is 128 Å². The number of rotatable bonds is 6. The molecule has 1 heterocycles. The molecule has 1 aliphatic rings. The average molecular weight is 310 g/mol. The van der Waals surface area contributed by atoms with Gasteiger partial charge in [-0.1, -0.05) is 37.3 Å². The number of hydrogen-bond acceptors (Lipinski definition) is 4. The van der Waals surface area contributed by atoms with Crippen molar-refractivity contribution in [3.05, 3.63) is 35.9 Å². The first-order valence-electron chi connectivity index (χ1n) is 7.27. The molecule has 1 aliphatic heterocycles. The molecule has 5 heteroatoms. The van der Waals surface area contributed by atoms with Crippen LogP contribution in [-0.4, -0.2) is 33.9 Å². The molecule has 1 saturated heterocycles. The predicted molar refractivity (Wildman–Crippen MR) is 82.2 cm³/mol. The van der Waals surface area contributed by atoms with Crippen LogP contribution in [0.15, 0.2) is 30.3 Å². The first kappa shape index (κ1) is 16.2. The lowest BCUT2D eigenvalue weighted by molar-refractivity contribution is -0.148. The van der Waals surface area contributed by atoms with E-state index in [0.717, 1.165) is 12.0 Å². The lowest BCUT2D eigenvalue weighted by atomic mass is 10.2. The summed E-state index contributed by atoms with van der Waals surface area (Å²) >= 11 is 0. The maximum atomic E-state index is 12.3. The van der Waals surface area contributed by atoms with Crippen molar-refractivity contribution < 1.29 is 18.5 Å². The van der Waals surface area contributed by atoms with Gasteiger partial charge in [0.2, 0.25) is 0 Å². The largest absolute Gasteiger partial charge is 0.461 e. The fourth-order valence-electron chi connectivity index (χ4n) is 2.37. The Hall–Kier alpha value is -1.20. The van der Waals surface area contributed by atoms with Gasteiger partial charge >= 0.3 is 5.97 Å². The number of esters is 1. The van der Waals surface area contributed by atoms with Crippen LogP contribution in [0.25, 0.3) is 0 Å². The lowest BCUT2D eigenvalue weighted by Gasteiger charge is -2.16. The van der Waals surface area contributed by atoms with Crippen LogP contribution in [0.4, 0.5) is 0 Å².